The molecule has 6 nitrogen and oxygen atoms in total. The van der Waals surface area contributed by atoms with Crippen LogP contribution in [0, 0.1) is 0 Å². The maximum atomic E-state index is 12.7. The first-order chi connectivity index (χ1) is 14.6. The van der Waals surface area contributed by atoms with Crippen LogP contribution in [0.15, 0.2) is 66.7 Å². The third-order valence-electron chi connectivity index (χ3n) is 4.53. The van der Waals surface area contributed by atoms with Gasteiger partial charge in [-0.1, -0.05) is 48.5 Å². The lowest BCUT2D eigenvalue weighted by Crippen LogP contribution is -2.35. The highest BCUT2D eigenvalue weighted by Gasteiger charge is 2.18. The zero-order chi connectivity index (χ0) is 21.3. The zero-order valence-electron chi connectivity index (χ0n) is 17.2. The van der Waals surface area contributed by atoms with E-state index < -0.39 is 5.97 Å². The fraction of sp³-hybridized carbons (Fsp3) is 0.250. The molecule has 0 spiro atoms. The Morgan fingerprint density at radius 2 is 1.47 bits per heavy atom. The zero-order valence-corrected chi connectivity index (χ0v) is 17.2. The number of para-hydroxylation sites is 2. The molecule has 0 atom stereocenters. The average molecular weight is 407 g/mol. The minimum Gasteiger partial charge on any atom is -0.490 e. The van der Waals surface area contributed by atoms with Crippen molar-refractivity contribution in [1.82, 2.24) is 0 Å². The molecule has 1 amide bonds. The topological polar surface area (TPSA) is 65.1 Å². The van der Waals surface area contributed by atoms with Gasteiger partial charge in [0.1, 0.15) is 0 Å². The summed E-state index contributed by atoms with van der Waals surface area (Å²) < 4.78 is 16.1. The molecule has 0 fully saturated rings. The van der Waals surface area contributed by atoms with Crippen LogP contribution in [0.3, 0.4) is 0 Å². The number of amides is 1. The number of anilines is 1. The van der Waals surface area contributed by atoms with Crippen LogP contribution in [0.1, 0.15) is 13.8 Å². The number of ether oxygens (including phenoxy) is 3. The van der Waals surface area contributed by atoms with Crippen molar-refractivity contribution >= 4 is 28.3 Å². The number of benzene rings is 3. The molecular weight excluding hydrogens is 382 g/mol. The fourth-order valence-electron chi connectivity index (χ4n) is 3.17. The SMILES string of the molecule is CCOc1ccccc1OCC(=O)OCC(=O)N(CC)c1cccc2ccccc12. The lowest BCUT2D eigenvalue weighted by Gasteiger charge is -2.22. The predicted molar refractivity (Wildman–Crippen MR) is 116 cm³/mol. The summed E-state index contributed by atoms with van der Waals surface area (Å²) in [6.45, 7) is 4.04. The van der Waals surface area contributed by atoms with Gasteiger partial charge < -0.3 is 19.1 Å². The Morgan fingerprint density at radius 1 is 0.800 bits per heavy atom. The van der Waals surface area contributed by atoms with E-state index >= 15 is 0 Å². The quantitative estimate of drug-likeness (QED) is 0.497. The van der Waals surface area contributed by atoms with E-state index in [9.17, 15) is 9.59 Å². The molecule has 0 aliphatic rings. The molecule has 0 heterocycles. The van der Waals surface area contributed by atoms with Crippen molar-refractivity contribution in [1.29, 1.82) is 0 Å². The summed E-state index contributed by atoms with van der Waals surface area (Å²) in [6, 6.07) is 20.7. The molecule has 3 aromatic rings. The van der Waals surface area contributed by atoms with E-state index in [1.165, 1.54) is 0 Å². The molecule has 3 rings (SSSR count). The van der Waals surface area contributed by atoms with Crippen molar-refractivity contribution in [3.8, 4) is 11.5 Å². The number of hydrogen-bond acceptors (Lipinski definition) is 5. The van der Waals surface area contributed by atoms with Crippen LogP contribution in [0.5, 0.6) is 11.5 Å². The van der Waals surface area contributed by atoms with E-state index in [4.69, 9.17) is 14.2 Å². The summed E-state index contributed by atoms with van der Waals surface area (Å²) in [5, 5.41) is 2.01. The highest BCUT2D eigenvalue weighted by atomic mass is 16.6. The molecular formula is C24H25NO5. The van der Waals surface area contributed by atoms with Gasteiger partial charge in [-0.05, 0) is 37.4 Å². The van der Waals surface area contributed by atoms with Gasteiger partial charge in [-0.15, -0.1) is 0 Å². The largest absolute Gasteiger partial charge is 0.490 e. The van der Waals surface area contributed by atoms with Crippen molar-refractivity contribution in [3.05, 3.63) is 66.7 Å². The molecule has 0 radical (unpaired) electrons. The van der Waals surface area contributed by atoms with E-state index in [1.54, 1.807) is 23.1 Å². The summed E-state index contributed by atoms with van der Waals surface area (Å²) in [6.07, 6.45) is 0. The average Bonchev–Trinajstić information content (AvgIpc) is 2.78. The monoisotopic (exact) mass is 407 g/mol. The number of esters is 1. The van der Waals surface area contributed by atoms with Crippen LogP contribution in [-0.4, -0.2) is 38.2 Å². The van der Waals surface area contributed by atoms with Gasteiger partial charge in [-0.3, -0.25) is 4.79 Å². The first-order valence-electron chi connectivity index (χ1n) is 9.92. The van der Waals surface area contributed by atoms with Crippen LogP contribution in [0.4, 0.5) is 5.69 Å². The van der Waals surface area contributed by atoms with Gasteiger partial charge >= 0.3 is 5.97 Å². The molecule has 156 valence electrons. The highest BCUT2D eigenvalue weighted by Crippen LogP contribution is 2.27. The molecule has 30 heavy (non-hydrogen) atoms. The number of likely N-dealkylation sites (N-methyl/N-ethyl adjacent to an activating group) is 1. The van der Waals surface area contributed by atoms with Gasteiger partial charge in [0.05, 0.1) is 12.3 Å². The van der Waals surface area contributed by atoms with Crippen molar-refractivity contribution in [3.63, 3.8) is 0 Å². The van der Waals surface area contributed by atoms with Gasteiger partial charge in [0.15, 0.2) is 24.7 Å². The molecule has 0 bridgehead atoms. The van der Waals surface area contributed by atoms with Crippen LogP contribution in [0.25, 0.3) is 10.8 Å². The standard InChI is InChI=1S/C24H25NO5/c1-3-25(20-13-9-11-18-10-5-6-12-19(18)20)23(26)16-30-24(27)17-29-22-15-8-7-14-21(22)28-4-2/h5-15H,3-4,16-17H2,1-2H3. The van der Waals surface area contributed by atoms with Crippen molar-refractivity contribution in [2.45, 2.75) is 13.8 Å². The highest BCUT2D eigenvalue weighted by molar-refractivity contribution is 6.04. The number of rotatable bonds is 9. The number of carbonyl (C=O) groups is 2. The Morgan fingerprint density at radius 3 is 2.20 bits per heavy atom. The molecule has 0 N–H and O–H groups in total. The smallest absolute Gasteiger partial charge is 0.344 e. The molecule has 0 aromatic heterocycles. The minimum atomic E-state index is -0.622. The molecule has 0 aliphatic carbocycles. The first kappa shape index (κ1) is 21.2. The van der Waals surface area contributed by atoms with Gasteiger partial charge in [0, 0.05) is 11.9 Å². The van der Waals surface area contributed by atoms with E-state index in [0.29, 0.717) is 24.7 Å². The summed E-state index contributed by atoms with van der Waals surface area (Å²) in [5.41, 5.74) is 0.790. The maximum absolute atomic E-state index is 12.7. The third kappa shape index (κ3) is 5.08. The summed E-state index contributed by atoms with van der Waals surface area (Å²) in [4.78, 5) is 26.4. The van der Waals surface area contributed by atoms with E-state index in [-0.39, 0.29) is 19.1 Å². The Bertz CT molecular complexity index is 1010. The van der Waals surface area contributed by atoms with E-state index in [2.05, 4.69) is 0 Å². The normalized spacial score (nSPS) is 10.5. The Kier molecular flexibility index (Phi) is 7.27. The molecule has 0 unspecified atom stereocenters. The molecule has 0 aliphatic heterocycles. The second-order valence-electron chi connectivity index (χ2n) is 6.47. The number of fused-ring (bicyclic) bond motifs is 1. The van der Waals surface area contributed by atoms with Crippen LogP contribution in [0.2, 0.25) is 0 Å². The molecule has 0 saturated heterocycles. The minimum absolute atomic E-state index is 0.295. The third-order valence-corrected chi connectivity index (χ3v) is 4.53. The van der Waals surface area contributed by atoms with E-state index in [0.717, 1.165) is 16.5 Å². The Hall–Kier alpha value is -3.54. The summed E-state index contributed by atoms with van der Waals surface area (Å²) in [5.74, 6) is 0.0890. The molecule has 0 saturated carbocycles. The van der Waals surface area contributed by atoms with Crippen molar-refractivity contribution < 1.29 is 23.8 Å². The van der Waals surface area contributed by atoms with E-state index in [1.807, 2.05) is 62.4 Å². The number of hydrogen-bond donors (Lipinski definition) is 0. The molecule has 3 aromatic carbocycles. The van der Waals surface area contributed by atoms with Gasteiger partial charge in [0.25, 0.3) is 5.91 Å². The number of carbonyl (C=O) groups excluding carboxylic acids is 2. The second kappa shape index (κ2) is 10.3. The lowest BCUT2D eigenvalue weighted by molar-refractivity contribution is -0.149. The fourth-order valence-corrected chi connectivity index (χ4v) is 3.17. The van der Waals surface area contributed by atoms with Crippen LogP contribution in [-0.2, 0) is 14.3 Å². The van der Waals surface area contributed by atoms with Crippen LogP contribution >= 0.6 is 0 Å². The first-order valence-corrected chi connectivity index (χ1v) is 9.92. The van der Waals surface area contributed by atoms with Gasteiger partial charge in [-0.25, -0.2) is 4.79 Å². The van der Waals surface area contributed by atoms with Crippen molar-refractivity contribution in [2.75, 3.05) is 31.3 Å². The number of nitrogens with zero attached hydrogens (tertiary/aromatic N) is 1. The van der Waals surface area contributed by atoms with Gasteiger partial charge in [0.2, 0.25) is 0 Å². The second-order valence-corrected chi connectivity index (χ2v) is 6.47. The lowest BCUT2D eigenvalue weighted by atomic mass is 10.1. The Balaban J connectivity index is 1.59. The van der Waals surface area contributed by atoms with Gasteiger partial charge in [-0.2, -0.15) is 0 Å². The van der Waals surface area contributed by atoms with Crippen LogP contribution < -0.4 is 14.4 Å². The van der Waals surface area contributed by atoms with Crippen molar-refractivity contribution in [2.24, 2.45) is 0 Å². The molecule has 6 heteroatoms. The maximum Gasteiger partial charge on any atom is 0.344 e. The predicted octanol–water partition coefficient (Wildman–Crippen LogP) is 4.21. The summed E-state index contributed by atoms with van der Waals surface area (Å²) >= 11 is 0. The summed E-state index contributed by atoms with van der Waals surface area (Å²) in [7, 11) is 0. The Labute approximate surface area is 176 Å².